The van der Waals surface area contributed by atoms with Crippen molar-refractivity contribution in [1.29, 1.82) is 5.26 Å². The van der Waals surface area contributed by atoms with Crippen LogP contribution in [0.25, 0.3) is 0 Å². The van der Waals surface area contributed by atoms with E-state index >= 15 is 0 Å². The monoisotopic (exact) mass is 227 g/mol. The molecular weight excluding hydrogens is 219 g/mol. The maximum Gasteiger partial charge on any atom is 0.411 e. The van der Waals surface area contributed by atoms with Gasteiger partial charge in [-0.2, -0.15) is 18.4 Å². The molecule has 1 aromatic rings. The molecule has 1 aliphatic rings. The Balaban J connectivity index is 2.19. The smallest absolute Gasteiger partial charge is 0.356 e. The van der Waals surface area contributed by atoms with Crippen LogP contribution >= 0.6 is 0 Å². The van der Waals surface area contributed by atoms with Gasteiger partial charge in [-0.25, -0.2) is 4.98 Å². The van der Waals surface area contributed by atoms with Gasteiger partial charge in [0, 0.05) is 0 Å². The number of nitrogens with zero attached hydrogens (tertiary/aromatic N) is 2. The fourth-order valence-corrected chi connectivity index (χ4v) is 1.42. The summed E-state index contributed by atoms with van der Waals surface area (Å²) in [5, 5.41) is 10.9. The predicted octanol–water partition coefficient (Wildman–Crippen LogP) is 2.46. The Labute approximate surface area is 89.9 Å². The van der Waals surface area contributed by atoms with E-state index in [0.29, 0.717) is 0 Å². The van der Waals surface area contributed by atoms with E-state index in [2.05, 4.69) is 10.3 Å². The third-order valence-electron chi connectivity index (χ3n) is 2.52. The molecule has 6 heteroatoms. The predicted molar refractivity (Wildman–Crippen MR) is 50.6 cm³/mol. The van der Waals surface area contributed by atoms with Crippen molar-refractivity contribution >= 4 is 5.82 Å². The molecule has 84 valence electrons. The van der Waals surface area contributed by atoms with E-state index in [1.54, 1.807) is 6.07 Å². The molecule has 3 nitrogen and oxygen atoms in total. The van der Waals surface area contributed by atoms with E-state index in [1.165, 1.54) is 18.2 Å². The number of aromatic nitrogens is 1. The van der Waals surface area contributed by atoms with Crippen LogP contribution in [0.15, 0.2) is 18.2 Å². The van der Waals surface area contributed by atoms with Gasteiger partial charge in [0.05, 0.1) is 0 Å². The molecule has 0 saturated heterocycles. The zero-order valence-electron chi connectivity index (χ0n) is 8.17. The number of pyridine rings is 1. The van der Waals surface area contributed by atoms with Crippen molar-refractivity contribution in [2.75, 3.05) is 5.32 Å². The Morgan fingerprint density at radius 1 is 1.38 bits per heavy atom. The van der Waals surface area contributed by atoms with E-state index in [0.717, 1.165) is 0 Å². The standard InChI is InChI=1S/C10H8F3N3/c11-10(12,13)9(4-5-9)16-8-3-1-2-7(6-14)15-8/h1-3H,4-5H2,(H,15,16). The zero-order valence-corrected chi connectivity index (χ0v) is 8.17. The maximum atomic E-state index is 12.6. The second-order valence-electron chi connectivity index (χ2n) is 3.72. The number of nitriles is 1. The molecule has 0 radical (unpaired) electrons. The summed E-state index contributed by atoms with van der Waals surface area (Å²) in [7, 11) is 0. The Kier molecular flexibility index (Phi) is 2.26. The van der Waals surface area contributed by atoms with Crippen LogP contribution in [0.1, 0.15) is 18.5 Å². The number of halogens is 3. The average Bonchev–Trinajstić information content (AvgIpc) is 2.98. The third-order valence-corrected chi connectivity index (χ3v) is 2.52. The summed E-state index contributed by atoms with van der Waals surface area (Å²) >= 11 is 0. The van der Waals surface area contributed by atoms with Crippen molar-refractivity contribution in [1.82, 2.24) is 4.98 Å². The molecule has 1 aromatic heterocycles. The highest BCUT2D eigenvalue weighted by molar-refractivity contribution is 5.44. The van der Waals surface area contributed by atoms with E-state index in [4.69, 9.17) is 5.26 Å². The Hall–Kier alpha value is -1.77. The van der Waals surface area contributed by atoms with Crippen LogP contribution in [0.3, 0.4) is 0 Å². The van der Waals surface area contributed by atoms with Gasteiger partial charge in [-0.15, -0.1) is 0 Å². The molecule has 0 unspecified atom stereocenters. The molecule has 2 rings (SSSR count). The topological polar surface area (TPSA) is 48.7 Å². The number of anilines is 1. The molecule has 1 fully saturated rings. The van der Waals surface area contributed by atoms with Crippen LogP contribution in [-0.4, -0.2) is 16.7 Å². The zero-order chi connectivity index (χ0) is 11.8. The highest BCUT2D eigenvalue weighted by atomic mass is 19.4. The van der Waals surface area contributed by atoms with Gasteiger partial charge in [0.1, 0.15) is 23.1 Å². The average molecular weight is 227 g/mol. The lowest BCUT2D eigenvalue weighted by Crippen LogP contribution is -2.38. The van der Waals surface area contributed by atoms with Crippen molar-refractivity contribution in [3.05, 3.63) is 23.9 Å². The molecule has 0 bridgehead atoms. The van der Waals surface area contributed by atoms with Gasteiger partial charge >= 0.3 is 6.18 Å². The molecule has 0 aliphatic heterocycles. The van der Waals surface area contributed by atoms with Gasteiger partial charge < -0.3 is 5.32 Å². The van der Waals surface area contributed by atoms with Crippen LogP contribution < -0.4 is 5.32 Å². The quantitative estimate of drug-likeness (QED) is 0.844. The van der Waals surface area contributed by atoms with Gasteiger partial charge in [-0.3, -0.25) is 0 Å². The minimum absolute atomic E-state index is 0.0506. The minimum Gasteiger partial charge on any atom is -0.356 e. The minimum atomic E-state index is -4.28. The van der Waals surface area contributed by atoms with Crippen LogP contribution in [0.4, 0.5) is 19.0 Å². The summed E-state index contributed by atoms with van der Waals surface area (Å²) in [6.07, 6.45) is -4.18. The van der Waals surface area contributed by atoms with Crippen LogP contribution in [0, 0.1) is 11.3 Å². The molecule has 1 heterocycles. The van der Waals surface area contributed by atoms with E-state index in [1.807, 2.05) is 0 Å². The van der Waals surface area contributed by atoms with Crippen LogP contribution in [0.2, 0.25) is 0 Å². The Morgan fingerprint density at radius 3 is 2.56 bits per heavy atom. The Morgan fingerprint density at radius 2 is 2.06 bits per heavy atom. The Bertz CT molecular complexity index is 443. The van der Waals surface area contributed by atoms with Gasteiger partial charge in [0.15, 0.2) is 0 Å². The van der Waals surface area contributed by atoms with Gasteiger partial charge in [0.25, 0.3) is 0 Å². The molecule has 0 aromatic carbocycles. The summed E-state index contributed by atoms with van der Waals surface area (Å²) < 4.78 is 37.8. The fourth-order valence-electron chi connectivity index (χ4n) is 1.42. The third kappa shape index (κ3) is 1.81. The molecule has 0 atom stereocenters. The highest BCUT2D eigenvalue weighted by Gasteiger charge is 2.63. The SMILES string of the molecule is N#Cc1cccc(NC2(C(F)(F)F)CC2)n1. The maximum absolute atomic E-state index is 12.6. The molecule has 1 aliphatic carbocycles. The lowest BCUT2D eigenvalue weighted by Gasteiger charge is -2.21. The summed E-state index contributed by atoms with van der Waals surface area (Å²) in [6, 6.07) is 6.15. The summed E-state index contributed by atoms with van der Waals surface area (Å²) in [4.78, 5) is 3.76. The van der Waals surface area contributed by atoms with E-state index in [9.17, 15) is 13.2 Å². The molecule has 1 N–H and O–H groups in total. The van der Waals surface area contributed by atoms with Crippen molar-refractivity contribution in [3.8, 4) is 6.07 Å². The summed E-state index contributed by atoms with van der Waals surface area (Å²) in [5.74, 6) is 0.0916. The van der Waals surface area contributed by atoms with Crippen LogP contribution in [-0.2, 0) is 0 Å². The van der Waals surface area contributed by atoms with Crippen molar-refractivity contribution < 1.29 is 13.2 Å². The second kappa shape index (κ2) is 3.37. The lowest BCUT2D eigenvalue weighted by molar-refractivity contribution is -0.151. The first-order valence-electron chi connectivity index (χ1n) is 4.69. The number of rotatable bonds is 2. The summed E-state index contributed by atoms with van der Waals surface area (Å²) in [5.41, 5.74) is -1.74. The van der Waals surface area contributed by atoms with Gasteiger partial charge in [-0.05, 0) is 25.0 Å². The molecule has 1 saturated carbocycles. The van der Waals surface area contributed by atoms with E-state index < -0.39 is 11.7 Å². The largest absolute Gasteiger partial charge is 0.411 e. The molecular formula is C10H8F3N3. The normalized spacial score (nSPS) is 17.6. The van der Waals surface area contributed by atoms with E-state index in [-0.39, 0.29) is 24.4 Å². The van der Waals surface area contributed by atoms with Crippen LogP contribution in [0.5, 0.6) is 0 Å². The van der Waals surface area contributed by atoms with Crippen molar-refractivity contribution in [2.45, 2.75) is 24.6 Å². The molecule has 16 heavy (non-hydrogen) atoms. The van der Waals surface area contributed by atoms with Crippen molar-refractivity contribution in [2.24, 2.45) is 0 Å². The lowest BCUT2D eigenvalue weighted by atomic mass is 10.2. The number of alkyl halides is 3. The number of nitrogens with one attached hydrogen (secondary N) is 1. The first-order chi connectivity index (χ1) is 7.47. The second-order valence-corrected chi connectivity index (χ2v) is 3.72. The number of hydrogen-bond acceptors (Lipinski definition) is 3. The van der Waals surface area contributed by atoms with Gasteiger partial charge in [-0.1, -0.05) is 6.07 Å². The first kappa shape index (κ1) is 10.7. The summed E-state index contributed by atoms with van der Waals surface area (Å²) in [6.45, 7) is 0. The molecule has 0 spiro atoms. The van der Waals surface area contributed by atoms with Crippen molar-refractivity contribution in [3.63, 3.8) is 0 Å². The fraction of sp³-hybridized carbons (Fsp3) is 0.400. The number of hydrogen-bond donors (Lipinski definition) is 1. The first-order valence-corrected chi connectivity index (χ1v) is 4.69. The highest BCUT2D eigenvalue weighted by Crippen LogP contribution is 2.50. The molecule has 0 amide bonds. The van der Waals surface area contributed by atoms with Gasteiger partial charge in [0.2, 0.25) is 0 Å².